The van der Waals surface area contributed by atoms with Gasteiger partial charge in [-0.25, -0.2) is 19.7 Å². The van der Waals surface area contributed by atoms with E-state index in [1.165, 1.54) is 5.56 Å². The number of nitrogens with one attached hydrogen (secondary N) is 3. The lowest BCUT2D eigenvalue weighted by Gasteiger charge is -2.31. The summed E-state index contributed by atoms with van der Waals surface area (Å²) in [5.74, 6) is 2.15. The number of morpholine rings is 1. The Hall–Kier alpha value is -2.78. The molecule has 3 N–H and O–H groups in total. The highest BCUT2D eigenvalue weighted by Gasteiger charge is 2.23. The van der Waals surface area contributed by atoms with E-state index in [0.29, 0.717) is 31.4 Å². The molecule has 2 amide bonds. The number of rotatable bonds is 4. The number of fused-ring (bicyclic) bond motifs is 1. The van der Waals surface area contributed by atoms with Crippen molar-refractivity contribution in [1.29, 1.82) is 0 Å². The summed E-state index contributed by atoms with van der Waals surface area (Å²) in [5.41, 5.74) is 3.10. The van der Waals surface area contributed by atoms with Crippen molar-refractivity contribution in [3.8, 4) is 11.4 Å². The number of anilines is 2. The molecular formula is C19H25N7O2. The fourth-order valence-electron chi connectivity index (χ4n) is 3.43. The highest BCUT2D eigenvalue weighted by Crippen LogP contribution is 2.28. The Morgan fingerprint density at radius 3 is 2.89 bits per heavy atom. The van der Waals surface area contributed by atoms with Crippen LogP contribution in [0.5, 0.6) is 0 Å². The SMILES string of the molecule is CCNC(=O)Nc1ccc(-c2nc3c(c(N4CCOCC4)n2)CCNC3)cn1. The first kappa shape index (κ1) is 18.6. The summed E-state index contributed by atoms with van der Waals surface area (Å²) in [6.07, 6.45) is 2.62. The van der Waals surface area contributed by atoms with Gasteiger partial charge in [-0.05, 0) is 32.0 Å². The van der Waals surface area contributed by atoms with Crippen LogP contribution in [-0.2, 0) is 17.7 Å². The molecule has 0 saturated carbocycles. The maximum absolute atomic E-state index is 11.6. The third kappa shape index (κ3) is 4.05. The fraction of sp³-hybridized carbons (Fsp3) is 0.474. The summed E-state index contributed by atoms with van der Waals surface area (Å²) in [5, 5.41) is 8.77. The van der Waals surface area contributed by atoms with Crippen molar-refractivity contribution >= 4 is 17.7 Å². The van der Waals surface area contributed by atoms with Crippen LogP contribution in [-0.4, -0.2) is 60.4 Å². The summed E-state index contributed by atoms with van der Waals surface area (Å²) in [7, 11) is 0. The molecule has 0 bridgehead atoms. The number of carbonyl (C=O) groups excluding carboxylic acids is 1. The number of carbonyl (C=O) groups is 1. The van der Waals surface area contributed by atoms with E-state index in [0.717, 1.165) is 49.7 Å². The summed E-state index contributed by atoms with van der Waals surface area (Å²) < 4.78 is 5.50. The molecule has 9 heteroatoms. The van der Waals surface area contributed by atoms with Crippen molar-refractivity contribution in [2.45, 2.75) is 19.9 Å². The van der Waals surface area contributed by atoms with Crippen molar-refractivity contribution in [2.24, 2.45) is 0 Å². The highest BCUT2D eigenvalue weighted by atomic mass is 16.5. The predicted octanol–water partition coefficient (Wildman–Crippen LogP) is 1.16. The lowest BCUT2D eigenvalue weighted by molar-refractivity contribution is 0.122. The molecule has 148 valence electrons. The molecular weight excluding hydrogens is 358 g/mol. The Labute approximate surface area is 163 Å². The number of hydrogen-bond donors (Lipinski definition) is 3. The fourth-order valence-corrected chi connectivity index (χ4v) is 3.43. The Morgan fingerprint density at radius 2 is 2.14 bits per heavy atom. The van der Waals surface area contributed by atoms with Crippen molar-refractivity contribution < 1.29 is 9.53 Å². The smallest absolute Gasteiger partial charge is 0.320 e. The first-order chi connectivity index (χ1) is 13.7. The Bertz CT molecular complexity index is 835. The number of nitrogens with zero attached hydrogens (tertiary/aromatic N) is 4. The lowest BCUT2D eigenvalue weighted by atomic mass is 10.1. The molecule has 1 saturated heterocycles. The van der Waals surface area contributed by atoms with E-state index in [2.05, 4.69) is 25.8 Å². The van der Waals surface area contributed by atoms with Gasteiger partial charge in [0.25, 0.3) is 0 Å². The van der Waals surface area contributed by atoms with Crippen molar-refractivity contribution in [2.75, 3.05) is 49.6 Å². The quantitative estimate of drug-likeness (QED) is 0.728. The van der Waals surface area contributed by atoms with E-state index in [4.69, 9.17) is 14.7 Å². The van der Waals surface area contributed by atoms with Gasteiger partial charge >= 0.3 is 6.03 Å². The molecule has 2 aliphatic rings. The van der Waals surface area contributed by atoms with Gasteiger partial charge in [0.2, 0.25) is 0 Å². The molecule has 0 radical (unpaired) electrons. The summed E-state index contributed by atoms with van der Waals surface area (Å²) >= 11 is 0. The summed E-state index contributed by atoms with van der Waals surface area (Å²) in [6, 6.07) is 3.38. The van der Waals surface area contributed by atoms with Crippen LogP contribution in [0.1, 0.15) is 18.2 Å². The van der Waals surface area contributed by atoms with E-state index < -0.39 is 0 Å². The number of hydrogen-bond acceptors (Lipinski definition) is 7. The van der Waals surface area contributed by atoms with E-state index in [-0.39, 0.29) is 6.03 Å². The molecule has 2 aromatic rings. The monoisotopic (exact) mass is 383 g/mol. The zero-order valence-corrected chi connectivity index (χ0v) is 16.0. The van der Waals surface area contributed by atoms with Gasteiger partial charge in [0, 0.05) is 43.5 Å². The number of urea groups is 1. The molecule has 4 heterocycles. The maximum Gasteiger partial charge on any atom is 0.320 e. The Balaban J connectivity index is 1.63. The van der Waals surface area contributed by atoms with Gasteiger partial charge < -0.3 is 20.3 Å². The number of pyridine rings is 1. The van der Waals surface area contributed by atoms with Crippen LogP contribution in [0.3, 0.4) is 0 Å². The van der Waals surface area contributed by atoms with Gasteiger partial charge in [0.1, 0.15) is 11.6 Å². The summed E-state index contributed by atoms with van der Waals surface area (Å²) in [4.78, 5) is 27.9. The minimum Gasteiger partial charge on any atom is -0.378 e. The van der Waals surface area contributed by atoms with E-state index >= 15 is 0 Å². The molecule has 2 aromatic heterocycles. The first-order valence-corrected chi connectivity index (χ1v) is 9.69. The van der Waals surface area contributed by atoms with Crippen LogP contribution in [0.15, 0.2) is 18.3 Å². The highest BCUT2D eigenvalue weighted by molar-refractivity contribution is 5.88. The Morgan fingerprint density at radius 1 is 1.29 bits per heavy atom. The van der Waals surface area contributed by atoms with Crippen LogP contribution in [0.4, 0.5) is 16.4 Å². The van der Waals surface area contributed by atoms with Crippen LogP contribution >= 0.6 is 0 Å². The van der Waals surface area contributed by atoms with E-state index in [1.807, 2.05) is 13.0 Å². The number of aromatic nitrogens is 3. The minimum atomic E-state index is -0.270. The molecule has 28 heavy (non-hydrogen) atoms. The maximum atomic E-state index is 11.6. The van der Waals surface area contributed by atoms with Crippen molar-refractivity contribution in [3.05, 3.63) is 29.6 Å². The van der Waals surface area contributed by atoms with Crippen LogP contribution < -0.4 is 20.9 Å². The molecule has 0 atom stereocenters. The van der Waals surface area contributed by atoms with Gasteiger partial charge in [-0.3, -0.25) is 5.32 Å². The second kappa shape index (κ2) is 8.49. The Kier molecular flexibility index (Phi) is 5.63. The second-order valence-corrected chi connectivity index (χ2v) is 6.74. The van der Waals surface area contributed by atoms with Crippen molar-refractivity contribution in [1.82, 2.24) is 25.6 Å². The van der Waals surface area contributed by atoms with Gasteiger partial charge in [-0.15, -0.1) is 0 Å². The van der Waals surface area contributed by atoms with Gasteiger partial charge in [-0.1, -0.05) is 0 Å². The normalized spacial score (nSPS) is 16.4. The molecule has 0 aliphatic carbocycles. The molecule has 9 nitrogen and oxygen atoms in total. The zero-order valence-electron chi connectivity index (χ0n) is 16.0. The van der Waals surface area contributed by atoms with Crippen LogP contribution in [0.2, 0.25) is 0 Å². The van der Waals surface area contributed by atoms with Gasteiger partial charge in [-0.2, -0.15) is 0 Å². The van der Waals surface area contributed by atoms with Gasteiger partial charge in [0.15, 0.2) is 5.82 Å². The molecule has 2 aliphatic heterocycles. The van der Waals surface area contributed by atoms with Gasteiger partial charge in [0.05, 0.1) is 18.9 Å². The first-order valence-electron chi connectivity index (χ1n) is 9.69. The topological polar surface area (TPSA) is 104 Å². The largest absolute Gasteiger partial charge is 0.378 e. The second-order valence-electron chi connectivity index (χ2n) is 6.74. The van der Waals surface area contributed by atoms with Crippen LogP contribution in [0, 0.1) is 0 Å². The van der Waals surface area contributed by atoms with E-state index in [1.54, 1.807) is 12.3 Å². The average Bonchev–Trinajstić information content (AvgIpc) is 2.74. The molecule has 0 unspecified atom stereocenters. The molecule has 1 fully saturated rings. The third-order valence-electron chi connectivity index (χ3n) is 4.83. The van der Waals surface area contributed by atoms with E-state index in [9.17, 15) is 4.79 Å². The third-order valence-corrected chi connectivity index (χ3v) is 4.83. The number of ether oxygens (including phenoxy) is 1. The van der Waals surface area contributed by atoms with Crippen molar-refractivity contribution in [3.63, 3.8) is 0 Å². The zero-order chi connectivity index (χ0) is 19.3. The standard InChI is InChI=1S/C19H25N7O2/c1-2-21-19(27)24-16-4-3-13(11-22-16)17-23-15-12-20-6-5-14(15)18(25-17)26-7-9-28-10-8-26/h3-4,11,20H,2,5-10,12H2,1H3,(H2,21,22,24,27). The lowest BCUT2D eigenvalue weighted by Crippen LogP contribution is -2.39. The predicted molar refractivity (Wildman–Crippen MR) is 106 cm³/mol. The minimum absolute atomic E-state index is 0.270. The molecule has 0 aromatic carbocycles. The van der Waals surface area contributed by atoms with Crippen LogP contribution in [0.25, 0.3) is 11.4 Å². The average molecular weight is 383 g/mol. The molecule has 4 rings (SSSR count). The molecule has 0 spiro atoms. The summed E-state index contributed by atoms with van der Waals surface area (Å²) in [6.45, 7) is 7.22. The number of amides is 2.